The summed E-state index contributed by atoms with van der Waals surface area (Å²) in [6.45, 7) is 2.42. The lowest BCUT2D eigenvalue weighted by Crippen LogP contribution is -2.31. The van der Waals surface area contributed by atoms with Gasteiger partial charge in [-0.15, -0.1) is 0 Å². The van der Waals surface area contributed by atoms with Gasteiger partial charge in [0.05, 0.1) is 5.69 Å². The summed E-state index contributed by atoms with van der Waals surface area (Å²) in [6.07, 6.45) is 0. The standard InChI is InChI=1S/C16H19N5O5S2/c1-10-14(28(23,24)17-2)27-16(18-10)21(3)15(22)19-12-6-4-11(5-7-12)13-20-26-9-8-25-13/h4-7,17H,8-9H2,1-3H3,(H,19,22). The second kappa shape index (κ2) is 8.12. The number of rotatable bonds is 5. The van der Waals surface area contributed by atoms with Crippen molar-refractivity contribution in [2.24, 2.45) is 5.16 Å². The van der Waals surface area contributed by atoms with Gasteiger partial charge in [-0.05, 0) is 43.4 Å². The van der Waals surface area contributed by atoms with Crippen LogP contribution in [0.1, 0.15) is 11.3 Å². The van der Waals surface area contributed by atoms with Crippen molar-refractivity contribution in [3.63, 3.8) is 0 Å². The topological polar surface area (TPSA) is 122 Å². The van der Waals surface area contributed by atoms with E-state index >= 15 is 0 Å². The van der Waals surface area contributed by atoms with Gasteiger partial charge in [-0.1, -0.05) is 11.3 Å². The third-order valence-electron chi connectivity index (χ3n) is 3.79. The van der Waals surface area contributed by atoms with Crippen LogP contribution in [0.2, 0.25) is 0 Å². The number of sulfonamides is 1. The number of nitrogens with one attached hydrogen (secondary N) is 2. The second-order valence-corrected chi connectivity index (χ2v) is 8.78. The molecule has 2 aromatic rings. The fourth-order valence-electron chi connectivity index (χ4n) is 2.29. The lowest BCUT2D eigenvalue weighted by atomic mass is 10.2. The highest BCUT2D eigenvalue weighted by atomic mass is 32.2. The van der Waals surface area contributed by atoms with E-state index in [4.69, 9.17) is 9.57 Å². The van der Waals surface area contributed by atoms with E-state index in [0.717, 1.165) is 16.9 Å². The van der Waals surface area contributed by atoms with Crippen LogP contribution in [0.5, 0.6) is 0 Å². The first kappa shape index (κ1) is 20.0. The average molecular weight is 425 g/mol. The van der Waals surface area contributed by atoms with E-state index in [1.807, 2.05) is 0 Å². The van der Waals surface area contributed by atoms with E-state index in [2.05, 4.69) is 20.2 Å². The highest BCUT2D eigenvalue weighted by Crippen LogP contribution is 2.29. The quantitative estimate of drug-likeness (QED) is 0.752. The van der Waals surface area contributed by atoms with Crippen molar-refractivity contribution >= 4 is 44.1 Å². The molecule has 0 atom stereocenters. The van der Waals surface area contributed by atoms with Gasteiger partial charge in [0.15, 0.2) is 15.9 Å². The molecule has 1 aliphatic heterocycles. The number of benzene rings is 1. The molecule has 0 spiro atoms. The molecule has 3 rings (SSSR count). The number of carbonyl (C=O) groups is 1. The Morgan fingerprint density at radius 2 is 1.96 bits per heavy atom. The molecule has 10 nitrogen and oxygen atoms in total. The van der Waals surface area contributed by atoms with Crippen LogP contribution in [0, 0.1) is 6.92 Å². The SMILES string of the molecule is CNS(=O)(=O)c1sc(N(C)C(=O)Nc2ccc(C3=NOCCO3)cc2)nc1C. The molecule has 0 bridgehead atoms. The Bertz CT molecular complexity index is 1000. The molecule has 0 radical (unpaired) electrons. The van der Waals surface area contributed by atoms with Gasteiger partial charge in [-0.2, -0.15) is 0 Å². The smallest absolute Gasteiger partial charge is 0.327 e. The van der Waals surface area contributed by atoms with Gasteiger partial charge in [0.25, 0.3) is 15.9 Å². The summed E-state index contributed by atoms with van der Waals surface area (Å²) in [5.41, 5.74) is 1.60. The van der Waals surface area contributed by atoms with E-state index in [1.54, 1.807) is 31.2 Å². The first-order chi connectivity index (χ1) is 13.3. The molecular weight excluding hydrogens is 406 g/mol. The maximum absolute atomic E-state index is 12.5. The zero-order chi connectivity index (χ0) is 20.3. The summed E-state index contributed by atoms with van der Waals surface area (Å²) >= 11 is 0.917. The fourth-order valence-corrected chi connectivity index (χ4v) is 4.58. The van der Waals surface area contributed by atoms with Crippen molar-refractivity contribution in [3.8, 4) is 0 Å². The molecule has 12 heteroatoms. The van der Waals surface area contributed by atoms with Gasteiger partial charge in [-0.3, -0.25) is 4.90 Å². The third-order valence-corrected chi connectivity index (χ3v) is 7.05. The number of hydrogen-bond donors (Lipinski definition) is 2. The number of amides is 2. The Morgan fingerprint density at radius 3 is 2.57 bits per heavy atom. The Hall–Kier alpha value is -2.70. The summed E-state index contributed by atoms with van der Waals surface area (Å²) in [4.78, 5) is 22.9. The summed E-state index contributed by atoms with van der Waals surface area (Å²) in [5.74, 6) is 0.387. The Balaban J connectivity index is 1.71. The zero-order valence-corrected chi connectivity index (χ0v) is 17.1. The summed E-state index contributed by atoms with van der Waals surface area (Å²) < 4.78 is 31.7. The fraction of sp³-hybridized carbons (Fsp3) is 0.312. The van der Waals surface area contributed by atoms with Crippen LogP contribution in [-0.2, 0) is 19.6 Å². The molecule has 0 fully saturated rings. The summed E-state index contributed by atoms with van der Waals surface area (Å²) in [7, 11) is -0.790. The number of oxime groups is 1. The van der Waals surface area contributed by atoms with Gasteiger partial charge in [-0.25, -0.2) is 22.9 Å². The first-order valence-electron chi connectivity index (χ1n) is 8.20. The van der Waals surface area contributed by atoms with Crippen LogP contribution in [0.3, 0.4) is 0 Å². The van der Waals surface area contributed by atoms with Crippen molar-refractivity contribution < 1.29 is 22.8 Å². The zero-order valence-electron chi connectivity index (χ0n) is 15.4. The maximum atomic E-state index is 12.5. The summed E-state index contributed by atoms with van der Waals surface area (Å²) in [5, 5.41) is 6.83. The molecule has 0 unspecified atom stereocenters. The maximum Gasteiger partial charge on any atom is 0.327 e. The van der Waals surface area contributed by atoms with Gasteiger partial charge in [0.1, 0.15) is 6.61 Å². The second-order valence-electron chi connectivity index (χ2n) is 5.72. The van der Waals surface area contributed by atoms with Crippen LogP contribution in [0.4, 0.5) is 15.6 Å². The predicted molar refractivity (Wildman–Crippen MR) is 105 cm³/mol. The van der Waals surface area contributed by atoms with Crippen LogP contribution < -0.4 is 14.9 Å². The number of nitrogens with zero attached hydrogens (tertiary/aromatic N) is 3. The molecule has 2 heterocycles. The number of aryl methyl sites for hydroxylation is 1. The van der Waals surface area contributed by atoms with Crippen molar-refractivity contribution in [2.45, 2.75) is 11.1 Å². The highest BCUT2D eigenvalue weighted by Gasteiger charge is 2.23. The molecule has 150 valence electrons. The first-order valence-corrected chi connectivity index (χ1v) is 10.5. The average Bonchev–Trinajstić information content (AvgIpc) is 3.11. The number of thiazole rings is 1. The molecule has 1 aliphatic rings. The number of urea groups is 1. The van der Waals surface area contributed by atoms with E-state index in [-0.39, 0.29) is 9.34 Å². The molecule has 2 N–H and O–H groups in total. The number of carbonyl (C=O) groups excluding carboxylic acids is 1. The normalized spacial score (nSPS) is 13.9. The minimum absolute atomic E-state index is 0.0736. The molecule has 1 aromatic heterocycles. The van der Waals surface area contributed by atoms with Crippen LogP contribution in [0.15, 0.2) is 33.6 Å². The molecule has 28 heavy (non-hydrogen) atoms. The molecule has 0 aliphatic carbocycles. The number of ether oxygens (including phenoxy) is 1. The molecular formula is C16H19N5O5S2. The predicted octanol–water partition coefficient (Wildman–Crippen LogP) is 1.74. The highest BCUT2D eigenvalue weighted by molar-refractivity contribution is 7.91. The van der Waals surface area contributed by atoms with E-state index < -0.39 is 16.1 Å². The van der Waals surface area contributed by atoms with Crippen molar-refractivity contribution in [1.82, 2.24) is 9.71 Å². The number of hydrogen-bond acceptors (Lipinski definition) is 8. The lowest BCUT2D eigenvalue weighted by molar-refractivity contribution is 0.0655. The van der Waals surface area contributed by atoms with Gasteiger partial charge < -0.3 is 14.9 Å². The Morgan fingerprint density at radius 1 is 1.25 bits per heavy atom. The van der Waals surface area contributed by atoms with E-state index in [1.165, 1.54) is 19.0 Å². The molecule has 1 aromatic carbocycles. The van der Waals surface area contributed by atoms with E-state index in [0.29, 0.717) is 30.5 Å². The van der Waals surface area contributed by atoms with Crippen LogP contribution >= 0.6 is 11.3 Å². The van der Waals surface area contributed by atoms with Gasteiger partial charge in [0, 0.05) is 18.3 Å². The minimum Gasteiger partial charge on any atom is -0.471 e. The summed E-state index contributed by atoms with van der Waals surface area (Å²) in [6, 6.07) is 6.43. The molecule has 2 amide bonds. The van der Waals surface area contributed by atoms with Gasteiger partial charge in [0.2, 0.25) is 0 Å². The molecule has 0 saturated carbocycles. The third kappa shape index (κ3) is 4.24. The van der Waals surface area contributed by atoms with E-state index in [9.17, 15) is 13.2 Å². The monoisotopic (exact) mass is 425 g/mol. The largest absolute Gasteiger partial charge is 0.471 e. The van der Waals surface area contributed by atoms with Crippen LogP contribution in [-0.4, -0.2) is 52.6 Å². The number of aromatic nitrogens is 1. The Kier molecular flexibility index (Phi) is 5.82. The minimum atomic E-state index is -3.63. The molecule has 0 saturated heterocycles. The number of anilines is 2. The van der Waals surface area contributed by atoms with Gasteiger partial charge >= 0.3 is 6.03 Å². The van der Waals surface area contributed by atoms with Crippen molar-refractivity contribution in [2.75, 3.05) is 37.5 Å². The Labute approximate surface area is 166 Å². The van der Waals surface area contributed by atoms with Crippen molar-refractivity contribution in [1.29, 1.82) is 0 Å². The van der Waals surface area contributed by atoms with Crippen molar-refractivity contribution in [3.05, 3.63) is 35.5 Å². The lowest BCUT2D eigenvalue weighted by Gasteiger charge is -2.16. The van der Waals surface area contributed by atoms with Crippen LogP contribution in [0.25, 0.3) is 0 Å².